The zero-order chi connectivity index (χ0) is 19.9. The van der Waals surface area contributed by atoms with E-state index in [1.165, 1.54) is 4.90 Å². The number of aryl methyl sites for hydroxylation is 2. The normalized spacial score (nSPS) is 15.9. The Morgan fingerprint density at radius 2 is 1.71 bits per heavy atom. The highest BCUT2D eigenvalue weighted by atomic mass is 32.2. The largest absolute Gasteiger partial charge is 0.358 e. The number of para-hydroxylation sites is 1. The van der Waals surface area contributed by atoms with Crippen molar-refractivity contribution in [2.24, 2.45) is 0 Å². The number of aromatic amines is 1. The fourth-order valence-electron chi connectivity index (χ4n) is 3.81. The highest BCUT2D eigenvalue weighted by Crippen LogP contribution is 2.35. The van der Waals surface area contributed by atoms with Gasteiger partial charge in [-0.1, -0.05) is 18.2 Å². The van der Waals surface area contributed by atoms with Crippen molar-refractivity contribution in [1.29, 1.82) is 0 Å². The summed E-state index contributed by atoms with van der Waals surface area (Å²) in [6.45, 7) is 7.62. The van der Waals surface area contributed by atoms with Gasteiger partial charge in [-0.15, -0.1) is 0 Å². The molecule has 0 saturated carbocycles. The van der Waals surface area contributed by atoms with Gasteiger partial charge < -0.3 is 9.80 Å². The number of anilines is 1. The molecule has 5 nitrogen and oxygen atoms in total. The molecule has 146 valence electrons. The number of nitrogens with one attached hydrogen (secondary N) is 2. The molecular weight excluding hydrogens is 370 g/mol. The van der Waals surface area contributed by atoms with Gasteiger partial charge in [0.05, 0.1) is 49.2 Å². The smallest absolute Gasteiger partial charge is 0.214 e. The summed E-state index contributed by atoms with van der Waals surface area (Å²) in [4.78, 5) is 7.61. The van der Waals surface area contributed by atoms with Crippen molar-refractivity contribution >= 4 is 26.4 Å². The van der Waals surface area contributed by atoms with Crippen molar-refractivity contribution < 1.29 is 18.3 Å². The predicted octanol–water partition coefficient (Wildman–Crippen LogP) is 1.44. The van der Waals surface area contributed by atoms with Crippen LogP contribution < -0.4 is 14.8 Å². The number of rotatable bonds is 3. The van der Waals surface area contributed by atoms with Crippen LogP contribution in [0, 0.1) is 13.8 Å². The Kier molecular flexibility index (Phi) is 4.85. The second-order valence-electron chi connectivity index (χ2n) is 7.74. The minimum Gasteiger partial charge on any atom is -0.358 e. The molecule has 0 aliphatic carbocycles. The zero-order valence-electron chi connectivity index (χ0n) is 16.6. The van der Waals surface area contributed by atoms with Crippen molar-refractivity contribution in [1.82, 2.24) is 0 Å². The topological polar surface area (TPSA) is 56.0 Å². The number of hydrogen-bond acceptors (Lipinski definition) is 3. The molecule has 0 spiro atoms. The Bertz CT molecular complexity index is 1130. The van der Waals surface area contributed by atoms with E-state index in [0.29, 0.717) is 9.79 Å². The summed E-state index contributed by atoms with van der Waals surface area (Å²) in [5.74, 6) is 0. The standard InChI is InChI=1S/C22H25N3O2S/c1-16-8-9-18(14-17(16)2)28(26,27)21-15-23-20-7-5-4-6-19(20)22(21)25-12-10-24(3)11-13-25/h4-9,14-15H,10-13H2,1-3H3/p+2. The molecule has 3 aromatic rings. The molecule has 2 heterocycles. The Morgan fingerprint density at radius 3 is 2.43 bits per heavy atom. The highest BCUT2D eigenvalue weighted by Gasteiger charge is 2.31. The summed E-state index contributed by atoms with van der Waals surface area (Å²) in [7, 11) is -1.46. The maximum atomic E-state index is 13.6. The number of aromatic nitrogens is 1. The van der Waals surface area contributed by atoms with Gasteiger partial charge in [-0.2, -0.15) is 0 Å². The van der Waals surface area contributed by atoms with Gasteiger partial charge in [0.2, 0.25) is 15.4 Å². The third kappa shape index (κ3) is 3.27. The van der Waals surface area contributed by atoms with E-state index < -0.39 is 9.84 Å². The van der Waals surface area contributed by atoms with Gasteiger partial charge in [-0.05, 0) is 43.2 Å². The van der Waals surface area contributed by atoms with E-state index >= 15 is 0 Å². The molecule has 1 aliphatic heterocycles. The van der Waals surface area contributed by atoms with Crippen LogP contribution in [0.1, 0.15) is 11.1 Å². The second-order valence-corrected chi connectivity index (χ2v) is 9.66. The van der Waals surface area contributed by atoms with Crippen LogP contribution in [0.3, 0.4) is 0 Å². The number of pyridine rings is 1. The van der Waals surface area contributed by atoms with E-state index in [9.17, 15) is 8.42 Å². The van der Waals surface area contributed by atoms with Crippen molar-refractivity contribution in [2.45, 2.75) is 23.6 Å². The quantitative estimate of drug-likeness (QED) is 0.728. The molecular formula is C22H27N3O2S+2. The summed E-state index contributed by atoms with van der Waals surface area (Å²) in [6.07, 6.45) is 1.66. The maximum absolute atomic E-state index is 13.6. The van der Waals surface area contributed by atoms with Crippen LogP contribution in [0.4, 0.5) is 5.69 Å². The van der Waals surface area contributed by atoms with Crippen molar-refractivity contribution in [3.63, 3.8) is 0 Å². The highest BCUT2D eigenvalue weighted by molar-refractivity contribution is 7.91. The molecule has 1 fully saturated rings. The first-order valence-electron chi connectivity index (χ1n) is 9.70. The molecule has 28 heavy (non-hydrogen) atoms. The van der Waals surface area contributed by atoms with Crippen molar-refractivity contribution in [2.75, 3.05) is 38.1 Å². The number of hydrogen-bond donors (Lipinski definition) is 1. The van der Waals surface area contributed by atoms with Gasteiger partial charge in [-0.3, -0.25) is 0 Å². The third-order valence-corrected chi connectivity index (χ3v) is 7.55. The Morgan fingerprint density at radius 1 is 1.00 bits per heavy atom. The van der Waals surface area contributed by atoms with E-state index in [1.54, 1.807) is 18.3 Å². The minimum atomic E-state index is -3.64. The van der Waals surface area contributed by atoms with Crippen LogP contribution in [0.15, 0.2) is 58.5 Å². The van der Waals surface area contributed by atoms with Gasteiger partial charge >= 0.3 is 0 Å². The van der Waals surface area contributed by atoms with Crippen LogP contribution in [0.25, 0.3) is 10.9 Å². The molecule has 0 amide bonds. The van der Waals surface area contributed by atoms with Gasteiger partial charge in [0.15, 0.2) is 11.1 Å². The third-order valence-electron chi connectivity index (χ3n) is 5.79. The lowest BCUT2D eigenvalue weighted by atomic mass is 10.1. The second kappa shape index (κ2) is 7.18. The zero-order valence-corrected chi connectivity index (χ0v) is 17.4. The number of sulfone groups is 1. The molecule has 0 unspecified atom stereocenters. The van der Waals surface area contributed by atoms with Crippen LogP contribution in [-0.4, -0.2) is 41.6 Å². The Labute approximate surface area is 166 Å². The van der Waals surface area contributed by atoms with E-state index in [1.807, 2.05) is 44.2 Å². The first-order chi connectivity index (χ1) is 13.4. The fraction of sp³-hybridized carbons (Fsp3) is 0.318. The molecule has 0 bridgehead atoms. The monoisotopic (exact) mass is 397 g/mol. The summed E-state index contributed by atoms with van der Waals surface area (Å²) in [5.41, 5.74) is 3.84. The lowest BCUT2D eigenvalue weighted by molar-refractivity contribution is -0.880. The number of benzene rings is 2. The summed E-state index contributed by atoms with van der Waals surface area (Å²) in [6, 6.07) is 13.3. The van der Waals surface area contributed by atoms with E-state index in [0.717, 1.165) is 53.9 Å². The molecule has 1 aromatic heterocycles. The van der Waals surface area contributed by atoms with Gasteiger partial charge in [0.1, 0.15) is 0 Å². The number of likely N-dealkylation sites (N-methyl/N-ethyl adjacent to an activating group) is 1. The summed E-state index contributed by atoms with van der Waals surface area (Å²) in [5, 5.41) is 0.951. The van der Waals surface area contributed by atoms with Crippen LogP contribution >= 0.6 is 0 Å². The molecule has 1 aliphatic rings. The SMILES string of the molecule is Cc1ccc(S(=O)(=O)c2c[nH+]c3ccccc3c2N2CC[NH+](C)CC2)cc1C. The number of H-pyrrole nitrogens is 1. The maximum Gasteiger partial charge on any atom is 0.214 e. The predicted molar refractivity (Wildman–Crippen MR) is 111 cm³/mol. The minimum absolute atomic E-state index is 0.347. The number of quaternary nitrogens is 1. The van der Waals surface area contributed by atoms with E-state index in [-0.39, 0.29) is 0 Å². The number of piperazine rings is 1. The molecule has 0 atom stereocenters. The van der Waals surface area contributed by atoms with Crippen LogP contribution in [0.5, 0.6) is 0 Å². The van der Waals surface area contributed by atoms with Crippen LogP contribution in [0.2, 0.25) is 0 Å². The Balaban J connectivity index is 1.93. The summed E-state index contributed by atoms with van der Waals surface area (Å²) < 4.78 is 27.2. The first-order valence-corrected chi connectivity index (χ1v) is 11.2. The molecule has 1 saturated heterocycles. The number of nitrogens with zero attached hydrogens (tertiary/aromatic N) is 1. The molecule has 4 rings (SSSR count). The molecule has 2 N–H and O–H groups in total. The van der Waals surface area contributed by atoms with Crippen molar-refractivity contribution in [3.05, 3.63) is 59.8 Å². The number of fused-ring (bicyclic) bond motifs is 1. The van der Waals surface area contributed by atoms with Gasteiger partial charge in [0.25, 0.3) is 0 Å². The van der Waals surface area contributed by atoms with Gasteiger partial charge in [0, 0.05) is 6.07 Å². The Hall–Kier alpha value is -2.44. The molecule has 0 radical (unpaired) electrons. The lowest BCUT2D eigenvalue weighted by Gasteiger charge is -2.32. The average molecular weight is 398 g/mol. The molecule has 6 heteroatoms. The van der Waals surface area contributed by atoms with Crippen LogP contribution in [-0.2, 0) is 9.84 Å². The van der Waals surface area contributed by atoms with E-state index in [2.05, 4.69) is 16.9 Å². The fourth-order valence-corrected chi connectivity index (χ4v) is 5.35. The van der Waals surface area contributed by atoms with Crippen molar-refractivity contribution in [3.8, 4) is 0 Å². The molecule has 2 aromatic carbocycles. The van der Waals surface area contributed by atoms with Gasteiger partial charge in [-0.25, -0.2) is 13.4 Å². The first kappa shape index (κ1) is 18.9. The lowest BCUT2D eigenvalue weighted by Crippen LogP contribution is -3.12. The van der Waals surface area contributed by atoms with E-state index in [4.69, 9.17) is 0 Å². The average Bonchev–Trinajstić information content (AvgIpc) is 2.69. The summed E-state index contributed by atoms with van der Waals surface area (Å²) >= 11 is 0.